The molecule has 1 aliphatic carbocycles. The van der Waals surface area contributed by atoms with Crippen molar-refractivity contribution in [2.24, 2.45) is 5.92 Å². The highest BCUT2D eigenvalue weighted by atomic mass is 35.5. The van der Waals surface area contributed by atoms with Gasteiger partial charge in [0.25, 0.3) is 0 Å². The first kappa shape index (κ1) is 21.7. The number of hydrogen-bond acceptors (Lipinski definition) is 2. The second kappa shape index (κ2) is 7.89. The van der Waals surface area contributed by atoms with E-state index in [0.29, 0.717) is 16.3 Å². The Hall–Kier alpha value is -2.49. The van der Waals surface area contributed by atoms with Crippen molar-refractivity contribution in [2.75, 3.05) is 11.1 Å². The lowest BCUT2D eigenvalue weighted by molar-refractivity contribution is 0.615. The molecule has 3 unspecified atom stereocenters. The van der Waals surface area contributed by atoms with Gasteiger partial charge in [-0.2, -0.15) is 0 Å². The molecular weight excluding hydrogens is 430 g/mol. The first-order chi connectivity index (χ1) is 14.6. The molecule has 3 N–H and O–H groups in total. The average molecular weight is 455 g/mol. The minimum atomic E-state index is -0.519. The van der Waals surface area contributed by atoms with Crippen LogP contribution in [0.5, 0.6) is 0 Å². The van der Waals surface area contributed by atoms with Gasteiger partial charge in [-0.15, -0.1) is 11.6 Å². The van der Waals surface area contributed by atoms with Gasteiger partial charge in [0.15, 0.2) is 0 Å². The molecule has 31 heavy (non-hydrogen) atoms. The Bertz CT molecular complexity index is 1190. The molecule has 160 valence electrons. The summed E-state index contributed by atoms with van der Waals surface area (Å²) in [4.78, 5) is -0.519. The zero-order valence-electron chi connectivity index (χ0n) is 17.8. The van der Waals surface area contributed by atoms with Gasteiger partial charge in [-0.25, -0.2) is 4.39 Å². The van der Waals surface area contributed by atoms with Crippen LogP contribution in [0.1, 0.15) is 29.5 Å². The number of nitrogens with two attached hydrogens (primary N) is 1. The van der Waals surface area contributed by atoms with Gasteiger partial charge >= 0.3 is 0 Å². The Labute approximate surface area is 192 Å². The average Bonchev–Trinajstić information content (AvgIpc) is 3.28. The van der Waals surface area contributed by atoms with E-state index in [1.807, 2.05) is 56.3 Å². The fraction of sp³-hybridized carbons (Fsp3) is 0.231. The summed E-state index contributed by atoms with van der Waals surface area (Å²) in [5, 5.41) is 4.06. The van der Waals surface area contributed by atoms with Gasteiger partial charge in [0.1, 0.15) is 5.82 Å². The summed E-state index contributed by atoms with van der Waals surface area (Å²) >= 11 is 13.3. The minimum absolute atomic E-state index is 0.00428. The molecule has 0 amide bonds. The second-order valence-electron chi connectivity index (χ2n) is 8.53. The van der Waals surface area contributed by atoms with Crippen LogP contribution in [0.25, 0.3) is 11.1 Å². The maximum absolute atomic E-state index is 14.1. The molecule has 0 spiro atoms. The third kappa shape index (κ3) is 4.05. The number of aryl methyl sites for hydroxylation is 2. The number of benzene rings is 3. The largest absolute Gasteiger partial charge is 0.399 e. The second-order valence-corrected chi connectivity index (χ2v) is 9.76. The molecule has 3 aromatic rings. The molecule has 0 aromatic heterocycles. The number of rotatable bonds is 5. The molecule has 1 aliphatic rings. The summed E-state index contributed by atoms with van der Waals surface area (Å²) in [5.74, 6) is -0.237. The van der Waals surface area contributed by atoms with Crippen molar-refractivity contribution < 1.29 is 4.39 Å². The minimum Gasteiger partial charge on any atom is -0.399 e. The SMILES string of the molecule is C=C(Nc1ccc(Cl)c(-c2ccc(N)cc2C)c1)C1C(c2ccc(C)c(F)c2)C1(C)Cl. The summed E-state index contributed by atoms with van der Waals surface area (Å²) in [5.41, 5.74) is 12.8. The normalized spacial score (nSPS) is 22.3. The van der Waals surface area contributed by atoms with Gasteiger partial charge in [0.05, 0.1) is 4.87 Å². The van der Waals surface area contributed by atoms with Gasteiger partial charge in [-0.3, -0.25) is 0 Å². The van der Waals surface area contributed by atoms with Crippen LogP contribution in [0.2, 0.25) is 5.02 Å². The highest BCUT2D eigenvalue weighted by Gasteiger charge is 2.62. The molecule has 1 fully saturated rings. The zero-order valence-corrected chi connectivity index (χ0v) is 19.3. The van der Waals surface area contributed by atoms with E-state index < -0.39 is 4.87 Å². The molecule has 0 heterocycles. The van der Waals surface area contributed by atoms with Gasteiger partial charge < -0.3 is 11.1 Å². The number of allylic oxidation sites excluding steroid dienone is 1. The molecule has 5 heteroatoms. The lowest BCUT2D eigenvalue weighted by atomic mass is 9.99. The zero-order chi connectivity index (χ0) is 22.5. The van der Waals surface area contributed by atoms with Crippen LogP contribution < -0.4 is 11.1 Å². The van der Waals surface area contributed by atoms with Crippen LogP contribution in [0.4, 0.5) is 15.8 Å². The Morgan fingerprint density at radius 2 is 1.77 bits per heavy atom. The van der Waals surface area contributed by atoms with E-state index in [4.69, 9.17) is 28.9 Å². The summed E-state index contributed by atoms with van der Waals surface area (Å²) in [6.45, 7) is 9.97. The Morgan fingerprint density at radius 1 is 1.03 bits per heavy atom. The van der Waals surface area contributed by atoms with Crippen LogP contribution in [0, 0.1) is 25.6 Å². The maximum Gasteiger partial charge on any atom is 0.126 e. The molecule has 0 bridgehead atoms. The van der Waals surface area contributed by atoms with E-state index in [1.165, 1.54) is 0 Å². The molecule has 4 rings (SSSR count). The van der Waals surface area contributed by atoms with Crippen molar-refractivity contribution in [2.45, 2.75) is 31.6 Å². The van der Waals surface area contributed by atoms with Crippen molar-refractivity contribution >= 4 is 34.6 Å². The monoisotopic (exact) mass is 454 g/mol. The first-order valence-corrected chi connectivity index (χ1v) is 10.9. The van der Waals surface area contributed by atoms with Crippen molar-refractivity contribution in [3.05, 3.63) is 94.4 Å². The van der Waals surface area contributed by atoms with Gasteiger partial charge in [0, 0.05) is 39.5 Å². The third-order valence-electron chi connectivity index (χ3n) is 6.18. The summed E-state index contributed by atoms with van der Waals surface area (Å²) in [7, 11) is 0. The van der Waals surface area contributed by atoms with Crippen LogP contribution in [0.15, 0.2) is 66.9 Å². The van der Waals surface area contributed by atoms with Crippen LogP contribution >= 0.6 is 23.2 Å². The highest BCUT2D eigenvalue weighted by Crippen LogP contribution is 2.64. The predicted molar refractivity (Wildman–Crippen MR) is 130 cm³/mol. The fourth-order valence-corrected chi connectivity index (χ4v) is 5.07. The van der Waals surface area contributed by atoms with Crippen molar-refractivity contribution in [1.82, 2.24) is 0 Å². The molecule has 1 saturated carbocycles. The number of nitrogens with one attached hydrogen (secondary N) is 1. The van der Waals surface area contributed by atoms with Crippen molar-refractivity contribution in [3.63, 3.8) is 0 Å². The van der Waals surface area contributed by atoms with E-state index >= 15 is 0 Å². The van der Waals surface area contributed by atoms with Gasteiger partial charge in [0.2, 0.25) is 0 Å². The van der Waals surface area contributed by atoms with Gasteiger partial charge in [-0.05, 0) is 79.4 Å². The summed E-state index contributed by atoms with van der Waals surface area (Å²) < 4.78 is 14.1. The number of alkyl halides is 1. The van der Waals surface area contributed by atoms with Crippen LogP contribution in [-0.4, -0.2) is 4.87 Å². The number of halogens is 3. The number of nitrogen functional groups attached to an aromatic ring is 1. The molecule has 3 aromatic carbocycles. The summed E-state index contributed by atoms with van der Waals surface area (Å²) in [6.07, 6.45) is 0. The standard InChI is InChI=1S/C26H25Cl2FN2/c1-14-5-6-17(12-23(14)29)25-24(26(25,4)28)16(3)31-19-8-10-22(27)21(13-19)20-9-7-18(30)11-15(20)2/h5-13,24-25,31H,3,30H2,1-2,4H3. The van der Waals surface area contributed by atoms with E-state index in [2.05, 4.69) is 11.9 Å². The Balaban J connectivity index is 1.58. The van der Waals surface area contributed by atoms with E-state index in [0.717, 1.165) is 33.6 Å². The van der Waals surface area contributed by atoms with Crippen LogP contribution in [-0.2, 0) is 0 Å². The molecule has 2 nitrogen and oxygen atoms in total. The molecule has 0 aliphatic heterocycles. The third-order valence-corrected chi connectivity index (χ3v) is 6.98. The topological polar surface area (TPSA) is 38.0 Å². The molecule has 0 radical (unpaired) electrons. The Morgan fingerprint density at radius 3 is 2.45 bits per heavy atom. The van der Waals surface area contributed by atoms with Crippen molar-refractivity contribution in [3.8, 4) is 11.1 Å². The quantitative estimate of drug-likeness (QED) is 0.306. The maximum atomic E-state index is 14.1. The lowest BCUT2D eigenvalue weighted by Crippen LogP contribution is -2.05. The van der Waals surface area contributed by atoms with E-state index in [-0.39, 0.29) is 17.7 Å². The fourth-order valence-electron chi connectivity index (χ4n) is 4.41. The van der Waals surface area contributed by atoms with Gasteiger partial charge in [-0.1, -0.05) is 36.4 Å². The molecule has 3 atom stereocenters. The van der Waals surface area contributed by atoms with Crippen molar-refractivity contribution in [1.29, 1.82) is 0 Å². The van der Waals surface area contributed by atoms with Crippen LogP contribution in [0.3, 0.4) is 0 Å². The van der Waals surface area contributed by atoms with E-state index in [1.54, 1.807) is 19.1 Å². The first-order valence-electron chi connectivity index (χ1n) is 10.2. The number of anilines is 2. The highest BCUT2D eigenvalue weighted by molar-refractivity contribution is 6.33. The van der Waals surface area contributed by atoms with E-state index in [9.17, 15) is 4.39 Å². The number of hydrogen-bond donors (Lipinski definition) is 2. The predicted octanol–water partition coefficient (Wildman–Crippen LogP) is 7.68. The molecular formula is C26H25Cl2FN2. The lowest BCUT2D eigenvalue weighted by Gasteiger charge is -2.14. The summed E-state index contributed by atoms with van der Waals surface area (Å²) in [6, 6.07) is 16.9. The molecule has 0 saturated heterocycles. The smallest absolute Gasteiger partial charge is 0.126 e. The Kier molecular flexibility index (Phi) is 5.53.